The van der Waals surface area contributed by atoms with Crippen LogP contribution in [0, 0.1) is 0 Å². The number of ether oxygens (including phenoxy) is 1. The summed E-state index contributed by atoms with van der Waals surface area (Å²) in [5.74, 6) is -1.08. The number of allylic oxidation sites excluding steroid dienone is 1. The number of rotatable bonds is 5. The van der Waals surface area contributed by atoms with E-state index in [2.05, 4.69) is 4.52 Å². The Morgan fingerprint density at radius 1 is 0.929 bits per heavy atom. The molecule has 0 atom stereocenters. The fraction of sp³-hybridized carbons (Fsp3) is 0.0625. The molecule has 0 aliphatic rings. The molecular weight excluding hydrogens is 496 g/mol. The van der Waals surface area contributed by atoms with Crippen LogP contribution in [0.4, 0.5) is 0 Å². The highest BCUT2D eigenvalue weighted by atomic mass is 35.5. The van der Waals surface area contributed by atoms with Crippen LogP contribution < -0.4 is 9.26 Å². The molecule has 2 N–H and O–H groups in total. The van der Waals surface area contributed by atoms with Crippen molar-refractivity contribution in [3.8, 4) is 11.5 Å². The fourth-order valence-electron chi connectivity index (χ4n) is 1.98. The summed E-state index contributed by atoms with van der Waals surface area (Å²) in [5.41, 5.74) is 1.05. The van der Waals surface area contributed by atoms with Crippen LogP contribution in [0.3, 0.4) is 0 Å². The minimum atomic E-state index is -4.65. The predicted molar refractivity (Wildman–Crippen MR) is 110 cm³/mol. The molecule has 6 nitrogen and oxygen atoms in total. The minimum Gasteiger partial charge on any atom is -0.420 e. The van der Waals surface area contributed by atoms with E-state index in [-0.39, 0.29) is 36.6 Å². The zero-order valence-corrected chi connectivity index (χ0v) is 18.4. The van der Waals surface area contributed by atoms with E-state index in [0.717, 1.165) is 6.08 Å². The van der Waals surface area contributed by atoms with E-state index in [0.29, 0.717) is 11.1 Å². The van der Waals surface area contributed by atoms with Gasteiger partial charge in [-0.25, -0.2) is 9.36 Å². The van der Waals surface area contributed by atoms with Crippen LogP contribution in [0.15, 0.2) is 30.3 Å². The molecule has 0 aliphatic heterocycles. The molecule has 0 aromatic heterocycles. The highest BCUT2D eigenvalue weighted by molar-refractivity contribution is 7.46. The molecule has 0 amide bonds. The number of hydrogen-bond acceptors (Lipinski definition) is 4. The second-order valence-electron chi connectivity index (χ2n) is 5.25. The summed E-state index contributed by atoms with van der Waals surface area (Å²) < 4.78 is 20.4. The van der Waals surface area contributed by atoms with Crippen LogP contribution in [0.1, 0.15) is 12.5 Å². The van der Waals surface area contributed by atoms with Crippen molar-refractivity contribution in [2.45, 2.75) is 6.92 Å². The average Bonchev–Trinajstić information content (AvgIpc) is 2.61. The van der Waals surface area contributed by atoms with Crippen molar-refractivity contribution in [1.82, 2.24) is 0 Å². The lowest BCUT2D eigenvalue weighted by molar-refractivity contribution is -0.128. The summed E-state index contributed by atoms with van der Waals surface area (Å²) >= 11 is 29.7. The van der Waals surface area contributed by atoms with Crippen molar-refractivity contribution in [2.24, 2.45) is 0 Å². The van der Waals surface area contributed by atoms with Gasteiger partial charge in [0.2, 0.25) is 0 Å². The first-order chi connectivity index (χ1) is 12.9. The molecule has 150 valence electrons. The Kier molecular flexibility index (Phi) is 7.70. The quantitative estimate of drug-likeness (QED) is 0.121. The first-order valence-electron chi connectivity index (χ1n) is 7.18. The minimum absolute atomic E-state index is 0.0310. The molecule has 2 aromatic rings. The van der Waals surface area contributed by atoms with Gasteiger partial charge >= 0.3 is 13.8 Å². The summed E-state index contributed by atoms with van der Waals surface area (Å²) in [5, 5.41) is -0.620. The van der Waals surface area contributed by atoms with Crippen molar-refractivity contribution in [3.63, 3.8) is 0 Å². The third-order valence-electron chi connectivity index (χ3n) is 3.24. The highest BCUT2D eigenvalue weighted by Gasteiger charge is 2.22. The summed E-state index contributed by atoms with van der Waals surface area (Å²) in [7, 11) is -4.65. The van der Waals surface area contributed by atoms with Gasteiger partial charge in [0.1, 0.15) is 15.8 Å². The second kappa shape index (κ2) is 9.24. The number of phosphoric ester groups is 1. The average molecular weight is 506 g/mol. The highest BCUT2D eigenvalue weighted by Crippen LogP contribution is 2.48. The Morgan fingerprint density at radius 2 is 1.39 bits per heavy atom. The summed E-state index contributed by atoms with van der Waals surface area (Å²) in [6, 6.07) is 5.67. The monoisotopic (exact) mass is 504 g/mol. The lowest BCUT2D eigenvalue weighted by Crippen LogP contribution is -2.06. The van der Waals surface area contributed by atoms with Crippen LogP contribution in [0.2, 0.25) is 25.1 Å². The lowest BCUT2D eigenvalue weighted by atomic mass is 10.1. The van der Waals surface area contributed by atoms with Gasteiger partial charge < -0.3 is 9.26 Å². The van der Waals surface area contributed by atoms with Crippen LogP contribution in [0.5, 0.6) is 11.5 Å². The van der Waals surface area contributed by atoms with E-state index < -0.39 is 13.8 Å². The Morgan fingerprint density at radius 3 is 1.86 bits per heavy atom. The molecule has 28 heavy (non-hydrogen) atoms. The number of halogens is 5. The van der Waals surface area contributed by atoms with Crippen molar-refractivity contribution in [3.05, 3.63) is 61.0 Å². The summed E-state index contributed by atoms with van der Waals surface area (Å²) in [6.07, 6.45) is 1.15. The van der Waals surface area contributed by atoms with Gasteiger partial charge in [-0.1, -0.05) is 70.1 Å². The Balaban J connectivity index is 2.22. The maximum Gasteiger partial charge on any atom is 0.524 e. The van der Waals surface area contributed by atoms with Crippen molar-refractivity contribution in [2.75, 3.05) is 0 Å². The molecule has 0 spiro atoms. The van der Waals surface area contributed by atoms with Gasteiger partial charge in [0.25, 0.3) is 0 Å². The molecule has 0 heterocycles. The molecule has 0 radical (unpaired) electrons. The van der Waals surface area contributed by atoms with Crippen molar-refractivity contribution >= 4 is 77.4 Å². The fourth-order valence-corrected chi connectivity index (χ4v) is 3.58. The van der Waals surface area contributed by atoms with Crippen molar-refractivity contribution < 1.29 is 28.4 Å². The number of carbonyl (C=O) groups excluding carboxylic acids is 1. The lowest BCUT2D eigenvalue weighted by Gasteiger charge is -2.12. The van der Waals surface area contributed by atoms with Crippen LogP contribution in [-0.2, 0) is 9.36 Å². The van der Waals surface area contributed by atoms with Crippen LogP contribution >= 0.6 is 65.8 Å². The Labute approximate surface area is 184 Å². The molecule has 0 unspecified atom stereocenters. The predicted octanol–water partition coefficient (Wildman–Crippen LogP) is 6.43. The number of benzene rings is 2. The van der Waals surface area contributed by atoms with E-state index in [1.54, 1.807) is 6.92 Å². The molecule has 2 rings (SSSR count). The van der Waals surface area contributed by atoms with Gasteiger partial charge in [0.15, 0.2) is 5.75 Å². The van der Waals surface area contributed by atoms with Gasteiger partial charge in [-0.3, -0.25) is 9.79 Å². The first-order valence-corrected chi connectivity index (χ1v) is 10.6. The SMILES string of the molecule is C/C(=C\C(=O)Oc1c(Cl)c(Cl)c(Cl)c(Cl)c1Cl)c1ccc(OP(=O)(O)O)cc1. The van der Waals surface area contributed by atoms with E-state index in [1.807, 2.05) is 0 Å². The van der Waals surface area contributed by atoms with Gasteiger partial charge in [-0.05, 0) is 30.2 Å². The number of esters is 1. The first kappa shape index (κ1) is 23.3. The third-order valence-corrected chi connectivity index (χ3v) is 5.93. The summed E-state index contributed by atoms with van der Waals surface area (Å²) in [6.45, 7) is 1.62. The van der Waals surface area contributed by atoms with E-state index in [1.165, 1.54) is 24.3 Å². The molecule has 2 aromatic carbocycles. The zero-order valence-electron chi connectivity index (χ0n) is 13.8. The van der Waals surface area contributed by atoms with E-state index in [4.69, 9.17) is 72.5 Å². The molecule has 12 heteroatoms. The Hall–Kier alpha value is -0.950. The van der Waals surface area contributed by atoms with Gasteiger partial charge in [0.05, 0.1) is 15.1 Å². The standard InChI is InChI=1S/C16H10Cl5O6P/c1-7(8-2-4-9(5-3-8)27-28(23,24)25)6-10(22)26-16-14(20)12(18)11(17)13(19)15(16)21/h2-6H,1H3,(H2,23,24,25)/b7-6+. The van der Waals surface area contributed by atoms with Crippen LogP contribution in [0.25, 0.3) is 5.57 Å². The molecule has 0 aliphatic carbocycles. The maximum absolute atomic E-state index is 12.2. The Bertz CT molecular complexity index is 971. The normalized spacial score (nSPS) is 12.1. The molecule has 0 fully saturated rings. The molecule has 0 saturated heterocycles. The van der Waals surface area contributed by atoms with Crippen molar-refractivity contribution in [1.29, 1.82) is 0 Å². The number of hydrogen-bond donors (Lipinski definition) is 2. The van der Waals surface area contributed by atoms with Gasteiger partial charge in [0, 0.05) is 6.08 Å². The van der Waals surface area contributed by atoms with Gasteiger partial charge in [-0.2, -0.15) is 0 Å². The second-order valence-corrected chi connectivity index (χ2v) is 8.31. The topological polar surface area (TPSA) is 93.1 Å². The number of phosphoric acid groups is 1. The number of carbonyl (C=O) groups is 1. The van der Waals surface area contributed by atoms with E-state index in [9.17, 15) is 9.36 Å². The van der Waals surface area contributed by atoms with Crippen LogP contribution in [-0.4, -0.2) is 15.8 Å². The maximum atomic E-state index is 12.2. The molecular formula is C16H10Cl5O6P. The van der Waals surface area contributed by atoms with Gasteiger partial charge in [-0.15, -0.1) is 0 Å². The molecule has 0 saturated carbocycles. The third kappa shape index (κ3) is 5.78. The zero-order chi connectivity index (χ0) is 21.2. The smallest absolute Gasteiger partial charge is 0.420 e. The van der Waals surface area contributed by atoms with E-state index >= 15 is 0 Å². The largest absolute Gasteiger partial charge is 0.524 e. The summed E-state index contributed by atoms with van der Waals surface area (Å²) in [4.78, 5) is 29.8. The molecule has 0 bridgehead atoms.